The van der Waals surface area contributed by atoms with Crippen molar-refractivity contribution in [3.8, 4) is 0 Å². The summed E-state index contributed by atoms with van der Waals surface area (Å²) in [6, 6.07) is 14.4. The van der Waals surface area contributed by atoms with Crippen molar-refractivity contribution < 1.29 is 9.18 Å². The van der Waals surface area contributed by atoms with E-state index < -0.39 is 0 Å². The molecule has 0 spiro atoms. The Hall–Kier alpha value is -3.22. The molecule has 6 nitrogen and oxygen atoms in total. The van der Waals surface area contributed by atoms with Crippen LogP contribution < -0.4 is 15.1 Å². The Bertz CT molecular complexity index is 1030. The molecular weight excluding hydrogens is 381 g/mol. The Kier molecular flexibility index (Phi) is 5.79. The third-order valence-electron chi connectivity index (χ3n) is 5.32. The first-order chi connectivity index (χ1) is 14.5. The number of rotatable bonds is 5. The van der Waals surface area contributed by atoms with Gasteiger partial charge in [0.15, 0.2) is 11.5 Å². The van der Waals surface area contributed by atoms with E-state index in [1.165, 1.54) is 12.1 Å². The van der Waals surface area contributed by atoms with E-state index in [1.54, 1.807) is 0 Å². The molecule has 2 aromatic carbocycles. The van der Waals surface area contributed by atoms with Crippen LogP contribution in [0.15, 0.2) is 48.5 Å². The second-order valence-electron chi connectivity index (χ2n) is 7.97. The van der Waals surface area contributed by atoms with Gasteiger partial charge in [0.2, 0.25) is 0 Å². The highest BCUT2D eigenvalue weighted by Gasteiger charge is 2.23. The number of fused-ring (bicyclic) bond motifs is 1. The molecule has 1 N–H and O–H groups in total. The Morgan fingerprint density at radius 2 is 1.60 bits per heavy atom. The van der Waals surface area contributed by atoms with Crippen molar-refractivity contribution in [2.24, 2.45) is 5.92 Å². The van der Waals surface area contributed by atoms with Crippen molar-refractivity contribution in [1.82, 2.24) is 15.5 Å². The number of carbonyl (C=O) groups excluding carboxylic acids is 1. The summed E-state index contributed by atoms with van der Waals surface area (Å²) in [6.07, 6.45) is 0. The number of hydrogen-bond donors (Lipinski definition) is 1. The lowest BCUT2D eigenvalue weighted by molar-refractivity contribution is 0.0945. The summed E-state index contributed by atoms with van der Waals surface area (Å²) in [6.45, 7) is 7.86. The minimum Gasteiger partial charge on any atom is -0.368 e. The van der Waals surface area contributed by atoms with Gasteiger partial charge in [-0.1, -0.05) is 38.1 Å². The fraction of sp³-hybridized carbons (Fsp3) is 0.348. The van der Waals surface area contributed by atoms with Crippen LogP contribution in [0.5, 0.6) is 0 Å². The average molecular weight is 407 g/mol. The molecule has 30 heavy (non-hydrogen) atoms. The molecule has 3 aromatic rings. The first-order valence-corrected chi connectivity index (χ1v) is 10.3. The van der Waals surface area contributed by atoms with Crippen LogP contribution in [0, 0.1) is 11.7 Å². The van der Waals surface area contributed by atoms with Gasteiger partial charge in [0.1, 0.15) is 5.82 Å². The normalized spacial score (nSPS) is 14.4. The minimum absolute atomic E-state index is 0.194. The van der Waals surface area contributed by atoms with Crippen LogP contribution in [-0.2, 0) is 0 Å². The molecule has 1 aliphatic heterocycles. The van der Waals surface area contributed by atoms with Gasteiger partial charge in [0.05, 0.1) is 0 Å². The van der Waals surface area contributed by atoms with E-state index >= 15 is 0 Å². The van der Waals surface area contributed by atoms with Crippen LogP contribution in [0.1, 0.15) is 24.3 Å². The molecule has 1 fully saturated rings. The zero-order chi connectivity index (χ0) is 21.1. The summed E-state index contributed by atoms with van der Waals surface area (Å²) in [7, 11) is 0. The van der Waals surface area contributed by atoms with E-state index in [-0.39, 0.29) is 11.7 Å². The molecule has 0 unspecified atom stereocenters. The second kappa shape index (κ2) is 8.65. The molecule has 156 valence electrons. The van der Waals surface area contributed by atoms with Gasteiger partial charge in [-0.2, -0.15) is 0 Å². The number of amides is 1. The molecule has 0 saturated carbocycles. The maximum atomic E-state index is 13.2. The molecule has 1 amide bonds. The van der Waals surface area contributed by atoms with E-state index in [0.29, 0.717) is 18.2 Å². The van der Waals surface area contributed by atoms with Gasteiger partial charge in [0, 0.05) is 49.2 Å². The summed E-state index contributed by atoms with van der Waals surface area (Å²) >= 11 is 0. The fourth-order valence-electron chi connectivity index (χ4n) is 3.70. The van der Waals surface area contributed by atoms with Crippen molar-refractivity contribution in [2.45, 2.75) is 13.8 Å². The monoisotopic (exact) mass is 407 g/mol. The van der Waals surface area contributed by atoms with Crippen molar-refractivity contribution in [1.29, 1.82) is 0 Å². The zero-order valence-corrected chi connectivity index (χ0v) is 17.3. The highest BCUT2D eigenvalue weighted by Crippen LogP contribution is 2.27. The Morgan fingerprint density at radius 3 is 2.27 bits per heavy atom. The van der Waals surface area contributed by atoms with Crippen LogP contribution in [0.4, 0.5) is 15.9 Å². The van der Waals surface area contributed by atoms with Crippen molar-refractivity contribution in [3.05, 3.63) is 60.0 Å². The highest BCUT2D eigenvalue weighted by atomic mass is 19.1. The Morgan fingerprint density at radius 1 is 0.967 bits per heavy atom. The third-order valence-corrected chi connectivity index (χ3v) is 5.32. The van der Waals surface area contributed by atoms with Crippen LogP contribution in [0.25, 0.3) is 10.8 Å². The second-order valence-corrected chi connectivity index (χ2v) is 7.97. The molecular formula is C23H26FN5O. The number of nitrogens with zero attached hydrogens (tertiary/aromatic N) is 4. The van der Waals surface area contributed by atoms with Crippen LogP contribution in [0.2, 0.25) is 0 Å². The molecule has 4 rings (SSSR count). The summed E-state index contributed by atoms with van der Waals surface area (Å²) in [5.74, 6) is 0.742. The topological polar surface area (TPSA) is 61.4 Å². The Balaban J connectivity index is 1.54. The van der Waals surface area contributed by atoms with Crippen LogP contribution >= 0.6 is 0 Å². The van der Waals surface area contributed by atoms with Gasteiger partial charge in [-0.05, 0) is 30.2 Å². The molecule has 0 aliphatic carbocycles. The van der Waals surface area contributed by atoms with Gasteiger partial charge < -0.3 is 15.1 Å². The molecule has 1 saturated heterocycles. The van der Waals surface area contributed by atoms with E-state index in [1.807, 2.05) is 36.4 Å². The number of aromatic nitrogens is 2. The predicted molar refractivity (Wildman–Crippen MR) is 118 cm³/mol. The molecule has 0 radical (unpaired) electrons. The number of anilines is 2. The molecule has 2 heterocycles. The van der Waals surface area contributed by atoms with E-state index in [2.05, 4.69) is 39.2 Å². The van der Waals surface area contributed by atoms with Crippen molar-refractivity contribution in [3.63, 3.8) is 0 Å². The van der Waals surface area contributed by atoms with E-state index in [4.69, 9.17) is 0 Å². The van der Waals surface area contributed by atoms with Crippen molar-refractivity contribution >= 4 is 28.2 Å². The largest absolute Gasteiger partial charge is 0.368 e. The number of halogens is 1. The number of nitrogens with one attached hydrogen (secondary N) is 1. The lowest BCUT2D eigenvalue weighted by Crippen LogP contribution is -2.47. The van der Waals surface area contributed by atoms with Crippen LogP contribution in [-0.4, -0.2) is 48.8 Å². The highest BCUT2D eigenvalue weighted by molar-refractivity contribution is 6.07. The standard InChI is InChI=1S/C23H26FN5O/c1-16(2)15-25-23(30)21-19-5-3-4-6-20(19)22(27-26-21)29-13-11-28(12-14-29)18-9-7-17(24)8-10-18/h3-10,16H,11-15H2,1-2H3,(H,25,30). The first kappa shape index (κ1) is 20.1. The number of piperazine rings is 1. The van der Waals surface area contributed by atoms with Crippen molar-refractivity contribution in [2.75, 3.05) is 42.5 Å². The SMILES string of the molecule is CC(C)CNC(=O)c1nnc(N2CCN(c3ccc(F)cc3)CC2)c2ccccc12. The first-order valence-electron chi connectivity index (χ1n) is 10.3. The Labute approximate surface area is 175 Å². The van der Waals surface area contributed by atoms with Gasteiger partial charge in [-0.15, -0.1) is 10.2 Å². The molecule has 0 bridgehead atoms. The number of hydrogen-bond acceptors (Lipinski definition) is 5. The van der Waals surface area contributed by atoms with Gasteiger partial charge in [-0.3, -0.25) is 4.79 Å². The molecule has 1 aromatic heterocycles. The number of benzene rings is 2. The third kappa shape index (κ3) is 4.20. The molecule has 1 aliphatic rings. The fourth-order valence-corrected chi connectivity index (χ4v) is 3.70. The summed E-state index contributed by atoms with van der Waals surface area (Å²) in [4.78, 5) is 17.0. The summed E-state index contributed by atoms with van der Waals surface area (Å²) in [5, 5.41) is 13.4. The summed E-state index contributed by atoms with van der Waals surface area (Å²) < 4.78 is 13.2. The number of carbonyl (C=O) groups is 1. The van der Waals surface area contributed by atoms with Gasteiger partial charge in [-0.25, -0.2) is 4.39 Å². The van der Waals surface area contributed by atoms with Gasteiger partial charge >= 0.3 is 0 Å². The lowest BCUT2D eigenvalue weighted by atomic mass is 10.1. The molecule has 7 heteroatoms. The lowest BCUT2D eigenvalue weighted by Gasteiger charge is -2.37. The summed E-state index contributed by atoms with van der Waals surface area (Å²) in [5.41, 5.74) is 1.38. The average Bonchev–Trinajstić information content (AvgIpc) is 2.77. The zero-order valence-electron chi connectivity index (χ0n) is 17.3. The van der Waals surface area contributed by atoms with E-state index in [0.717, 1.165) is 48.5 Å². The minimum atomic E-state index is -0.225. The van der Waals surface area contributed by atoms with Gasteiger partial charge in [0.25, 0.3) is 5.91 Å². The van der Waals surface area contributed by atoms with Crippen LogP contribution in [0.3, 0.4) is 0 Å². The smallest absolute Gasteiger partial charge is 0.272 e. The quantitative estimate of drug-likeness (QED) is 0.702. The molecule has 0 atom stereocenters. The maximum absolute atomic E-state index is 13.2. The predicted octanol–water partition coefficient (Wildman–Crippen LogP) is 3.48. The maximum Gasteiger partial charge on any atom is 0.272 e. The van der Waals surface area contributed by atoms with E-state index in [9.17, 15) is 9.18 Å².